The van der Waals surface area contributed by atoms with Gasteiger partial charge in [0.1, 0.15) is 10.1 Å². The Hall–Kier alpha value is -1.89. The van der Waals surface area contributed by atoms with Gasteiger partial charge in [0.25, 0.3) is 0 Å². The number of rotatable bonds is 3. The fraction of sp³-hybridized carbons (Fsp3) is 0.167. The summed E-state index contributed by atoms with van der Waals surface area (Å²) in [6, 6.07) is 4.73. The number of aromatic nitrogens is 3. The smallest absolute Gasteiger partial charge is 0.303 e. The van der Waals surface area contributed by atoms with E-state index in [0.717, 1.165) is 5.69 Å². The van der Waals surface area contributed by atoms with Crippen molar-refractivity contribution in [2.24, 2.45) is 0 Å². The summed E-state index contributed by atoms with van der Waals surface area (Å²) in [5.41, 5.74) is 1.66. The van der Waals surface area contributed by atoms with Crippen LogP contribution in [-0.4, -0.2) is 25.4 Å². The maximum absolute atomic E-state index is 13.6. The quantitative estimate of drug-likeness (QED) is 0.777. The van der Waals surface area contributed by atoms with E-state index in [9.17, 15) is 9.18 Å². The van der Waals surface area contributed by atoms with Crippen molar-refractivity contribution in [2.75, 3.05) is 0 Å². The van der Waals surface area contributed by atoms with Crippen molar-refractivity contribution in [1.29, 1.82) is 0 Å². The number of aryl methyl sites for hydroxylation is 1. The van der Waals surface area contributed by atoms with Gasteiger partial charge in [-0.25, -0.2) is 9.37 Å². The van der Waals surface area contributed by atoms with Crippen LogP contribution in [0.15, 0.2) is 22.8 Å². The number of fused-ring (bicyclic) bond motifs is 3. The van der Waals surface area contributed by atoms with E-state index in [0.29, 0.717) is 27.8 Å². The summed E-state index contributed by atoms with van der Waals surface area (Å²) < 4.78 is 16.0. The van der Waals surface area contributed by atoms with Gasteiger partial charge in [-0.3, -0.25) is 9.20 Å². The molecule has 0 spiro atoms. The Kier molecular flexibility index (Phi) is 2.78. The number of hydrogen-bond acceptors (Lipinski definition) is 2. The summed E-state index contributed by atoms with van der Waals surface area (Å²) in [6.45, 7) is 0. The number of halogens is 2. The largest absolute Gasteiger partial charge is 0.481 e. The SMILES string of the molecule is O=C(O)CCc1[nH]c2nc3c(F)cccc3n2c1Br. The van der Waals surface area contributed by atoms with Crippen LogP contribution in [-0.2, 0) is 11.2 Å². The van der Waals surface area contributed by atoms with Gasteiger partial charge >= 0.3 is 5.97 Å². The summed E-state index contributed by atoms with van der Waals surface area (Å²) in [5, 5.41) is 8.70. The number of carboxylic acid groups (broad SMARTS) is 1. The number of aliphatic carboxylic acids is 1. The lowest BCUT2D eigenvalue weighted by Crippen LogP contribution is -1.98. The molecule has 3 aromatic rings. The summed E-state index contributed by atoms with van der Waals surface area (Å²) >= 11 is 3.40. The Morgan fingerprint density at radius 3 is 3.05 bits per heavy atom. The number of H-pyrrole nitrogens is 1. The summed E-state index contributed by atoms with van der Waals surface area (Å²) in [7, 11) is 0. The average Bonchev–Trinajstić information content (AvgIpc) is 2.86. The second kappa shape index (κ2) is 4.34. The molecule has 2 aromatic heterocycles. The first kappa shape index (κ1) is 12.2. The van der Waals surface area contributed by atoms with Crippen LogP contribution in [0.4, 0.5) is 4.39 Å². The van der Waals surface area contributed by atoms with Gasteiger partial charge in [-0.15, -0.1) is 0 Å². The zero-order valence-electron chi connectivity index (χ0n) is 9.65. The van der Waals surface area contributed by atoms with E-state index in [1.807, 2.05) is 0 Å². The van der Waals surface area contributed by atoms with E-state index in [4.69, 9.17) is 5.11 Å². The number of carboxylic acids is 1. The maximum atomic E-state index is 13.6. The summed E-state index contributed by atoms with van der Waals surface area (Å²) in [4.78, 5) is 17.8. The number of hydrogen-bond donors (Lipinski definition) is 2. The fourth-order valence-corrected chi connectivity index (χ4v) is 2.72. The lowest BCUT2D eigenvalue weighted by molar-refractivity contribution is -0.136. The molecule has 0 amide bonds. The van der Waals surface area contributed by atoms with Crippen molar-refractivity contribution >= 4 is 38.7 Å². The molecule has 0 unspecified atom stereocenters. The molecular formula is C12H9BrFN3O2. The Bertz CT molecular complexity index is 793. The molecular weight excluding hydrogens is 317 g/mol. The molecule has 0 saturated carbocycles. The molecule has 0 saturated heterocycles. The first-order valence-electron chi connectivity index (χ1n) is 5.62. The van der Waals surface area contributed by atoms with Gasteiger partial charge in [-0.2, -0.15) is 0 Å². The first-order chi connectivity index (χ1) is 9.08. The fourth-order valence-electron chi connectivity index (χ4n) is 2.07. The Balaban J connectivity index is 2.17. The zero-order valence-corrected chi connectivity index (χ0v) is 11.2. The molecule has 19 heavy (non-hydrogen) atoms. The van der Waals surface area contributed by atoms with Gasteiger partial charge in [0, 0.05) is 12.1 Å². The molecule has 0 fully saturated rings. The summed E-state index contributed by atoms with van der Waals surface area (Å²) in [6.07, 6.45) is 0.380. The number of benzene rings is 1. The minimum absolute atomic E-state index is 0.0224. The molecule has 98 valence electrons. The number of aromatic amines is 1. The van der Waals surface area contributed by atoms with Gasteiger partial charge in [0.2, 0.25) is 5.78 Å². The molecule has 1 aromatic carbocycles. The predicted octanol–water partition coefficient (Wildman–Crippen LogP) is 2.73. The van der Waals surface area contributed by atoms with Crippen LogP contribution in [0.3, 0.4) is 0 Å². The van der Waals surface area contributed by atoms with Gasteiger partial charge < -0.3 is 10.1 Å². The Morgan fingerprint density at radius 2 is 2.32 bits per heavy atom. The molecule has 0 atom stereocenters. The van der Waals surface area contributed by atoms with Crippen LogP contribution < -0.4 is 0 Å². The van der Waals surface area contributed by atoms with Crippen molar-refractivity contribution < 1.29 is 14.3 Å². The van der Waals surface area contributed by atoms with Crippen molar-refractivity contribution in [3.05, 3.63) is 34.3 Å². The molecule has 7 heteroatoms. The number of carbonyl (C=O) groups is 1. The third-order valence-corrected chi connectivity index (χ3v) is 3.77. The standard InChI is InChI=1S/C12H9BrFN3O2/c13-11-7(4-5-9(18)19)15-12-16-10-6(14)2-1-3-8(10)17(11)12/h1-3H,4-5H2,(H,15,16)(H,18,19). The Labute approximate surface area is 115 Å². The number of para-hydroxylation sites is 1. The van der Waals surface area contributed by atoms with Crippen LogP contribution in [0.2, 0.25) is 0 Å². The van der Waals surface area contributed by atoms with Crippen LogP contribution in [0, 0.1) is 5.82 Å². The van der Waals surface area contributed by atoms with Crippen molar-refractivity contribution in [2.45, 2.75) is 12.8 Å². The van der Waals surface area contributed by atoms with Crippen LogP contribution >= 0.6 is 15.9 Å². The topological polar surface area (TPSA) is 70.4 Å². The molecule has 5 nitrogen and oxygen atoms in total. The maximum Gasteiger partial charge on any atom is 0.303 e. The summed E-state index contributed by atoms with van der Waals surface area (Å²) in [5.74, 6) is -0.754. The third-order valence-electron chi connectivity index (χ3n) is 2.93. The highest BCUT2D eigenvalue weighted by Crippen LogP contribution is 2.26. The average molecular weight is 326 g/mol. The first-order valence-corrected chi connectivity index (χ1v) is 6.42. The predicted molar refractivity (Wildman–Crippen MR) is 70.7 cm³/mol. The van der Waals surface area contributed by atoms with Crippen LogP contribution in [0.25, 0.3) is 16.8 Å². The molecule has 2 heterocycles. The van der Waals surface area contributed by atoms with E-state index in [1.54, 1.807) is 16.5 Å². The minimum Gasteiger partial charge on any atom is -0.481 e. The van der Waals surface area contributed by atoms with Crippen molar-refractivity contribution in [1.82, 2.24) is 14.4 Å². The second-order valence-electron chi connectivity index (χ2n) is 4.17. The highest BCUT2D eigenvalue weighted by atomic mass is 79.9. The molecule has 0 radical (unpaired) electrons. The minimum atomic E-state index is -0.866. The van der Waals surface area contributed by atoms with Crippen LogP contribution in [0.5, 0.6) is 0 Å². The van der Waals surface area contributed by atoms with Gasteiger partial charge in [-0.1, -0.05) is 6.07 Å². The zero-order chi connectivity index (χ0) is 13.6. The van der Waals surface area contributed by atoms with Gasteiger partial charge in [-0.05, 0) is 28.1 Å². The highest BCUT2D eigenvalue weighted by Gasteiger charge is 2.16. The molecule has 0 aliphatic carbocycles. The van der Waals surface area contributed by atoms with Crippen molar-refractivity contribution in [3.63, 3.8) is 0 Å². The second-order valence-corrected chi connectivity index (χ2v) is 4.92. The van der Waals surface area contributed by atoms with Gasteiger partial charge in [0.15, 0.2) is 5.82 Å². The lowest BCUT2D eigenvalue weighted by atomic mass is 10.2. The van der Waals surface area contributed by atoms with E-state index >= 15 is 0 Å². The normalized spacial score (nSPS) is 11.5. The molecule has 2 N–H and O–H groups in total. The number of nitrogens with one attached hydrogen (secondary N) is 1. The third kappa shape index (κ3) is 1.90. The number of imidazole rings is 2. The van der Waals surface area contributed by atoms with E-state index in [2.05, 4.69) is 25.9 Å². The molecule has 0 bridgehead atoms. The molecule has 0 aliphatic rings. The van der Waals surface area contributed by atoms with Gasteiger partial charge in [0.05, 0.1) is 11.9 Å². The highest BCUT2D eigenvalue weighted by molar-refractivity contribution is 9.10. The monoisotopic (exact) mass is 325 g/mol. The Morgan fingerprint density at radius 1 is 1.53 bits per heavy atom. The van der Waals surface area contributed by atoms with E-state index in [1.165, 1.54) is 6.07 Å². The van der Waals surface area contributed by atoms with Crippen molar-refractivity contribution in [3.8, 4) is 0 Å². The van der Waals surface area contributed by atoms with E-state index < -0.39 is 5.97 Å². The van der Waals surface area contributed by atoms with Crippen LogP contribution in [0.1, 0.15) is 12.1 Å². The number of nitrogens with zero attached hydrogens (tertiary/aromatic N) is 2. The lowest BCUT2D eigenvalue weighted by Gasteiger charge is -1.97. The molecule has 0 aliphatic heterocycles. The van der Waals surface area contributed by atoms with E-state index in [-0.39, 0.29) is 12.2 Å². The molecule has 3 rings (SSSR count).